The number of carbonyl (C=O) groups excluding carboxylic acids is 3. The molecule has 0 unspecified atom stereocenters. The maximum Gasteiger partial charge on any atom is 0.323 e. The van der Waals surface area contributed by atoms with Crippen LogP contribution in [-0.4, -0.2) is 120 Å². The number of hydrogen-bond acceptors (Lipinski definition) is 7. The standard InChI is InChI=1S/C33H43ClN8O3S/c1-3-23-18-22(19-27(34)29(23)35)20-28(31(43)40-15-13-39(14-16-40)25-4-9-38(2)10-5-25)36-32(44)41-11-6-26(7-12-41)42-21-24-8-17-46-30(24)37-33(42)45/h1,8,17-19,25-26,28H,4-7,9-16,20-21,35H2,2H3,(H,36,44)(H,37,45)/t28-/m1/s1. The molecule has 3 fully saturated rings. The Hall–Kier alpha value is -3.50. The molecule has 6 rings (SSSR count). The third kappa shape index (κ3) is 7.08. The number of piperazine rings is 1. The molecule has 4 aliphatic heterocycles. The van der Waals surface area contributed by atoms with E-state index in [2.05, 4.69) is 33.4 Å². The number of likely N-dealkylation sites (tertiary alicyclic amines) is 2. The molecule has 246 valence electrons. The van der Waals surface area contributed by atoms with Gasteiger partial charge >= 0.3 is 12.1 Å². The van der Waals surface area contributed by atoms with Crippen LogP contribution in [-0.2, 0) is 17.8 Å². The van der Waals surface area contributed by atoms with Crippen molar-refractivity contribution in [3.8, 4) is 12.3 Å². The van der Waals surface area contributed by atoms with E-state index in [0.717, 1.165) is 55.1 Å². The van der Waals surface area contributed by atoms with Crippen LogP contribution in [0.4, 0.5) is 20.3 Å². The molecule has 1 atom stereocenters. The van der Waals surface area contributed by atoms with Gasteiger partial charge in [0.15, 0.2) is 0 Å². The SMILES string of the molecule is C#Cc1cc(C[C@@H](NC(=O)N2CCC(N3Cc4ccsc4NC3=O)CC2)C(=O)N2CCN(C3CCN(C)CC3)CC2)cc(Cl)c1N. The van der Waals surface area contributed by atoms with E-state index in [1.807, 2.05) is 21.2 Å². The van der Waals surface area contributed by atoms with E-state index in [1.54, 1.807) is 17.0 Å². The van der Waals surface area contributed by atoms with Crippen molar-refractivity contribution in [3.63, 3.8) is 0 Å². The zero-order valence-corrected chi connectivity index (χ0v) is 27.9. The van der Waals surface area contributed by atoms with Crippen molar-refractivity contribution in [2.75, 3.05) is 70.5 Å². The molecule has 0 spiro atoms. The molecule has 13 heteroatoms. The minimum Gasteiger partial charge on any atom is -0.397 e. The Bertz CT molecular complexity index is 1490. The lowest BCUT2D eigenvalue weighted by Crippen LogP contribution is -2.59. The summed E-state index contributed by atoms with van der Waals surface area (Å²) < 4.78 is 0. The normalized spacial score (nSPS) is 21.0. The predicted molar refractivity (Wildman–Crippen MR) is 182 cm³/mol. The number of piperidine rings is 2. The van der Waals surface area contributed by atoms with Crippen LogP contribution in [0.25, 0.3) is 0 Å². The number of benzene rings is 1. The van der Waals surface area contributed by atoms with Crippen LogP contribution in [0.3, 0.4) is 0 Å². The summed E-state index contributed by atoms with van der Waals surface area (Å²) in [5.41, 5.74) is 8.70. The Labute approximate surface area is 280 Å². The highest BCUT2D eigenvalue weighted by molar-refractivity contribution is 7.14. The zero-order valence-electron chi connectivity index (χ0n) is 26.3. The van der Waals surface area contributed by atoms with Gasteiger partial charge < -0.3 is 30.7 Å². The van der Waals surface area contributed by atoms with Gasteiger partial charge in [-0.15, -0.1) is 17.8 Å². The van der Waals surface area contributed by atoms with Gasteiger partial charge in [-0.1, -0.05) is 17.5 Å². The van der Waals surface area contributed by atoms with Crippen LogP contribution in [0, 0.1) is 12.3 Å². The lowest BCUT2D eigenvalue weighted by molar-refractivity contribution is -0.135. The summed E-state index contributed by atoms with van der Waals surface area (Å²) in [7, 11) is 2.16. The molecule has 2 aromatic rings. The summed E-state index contributed by atoms with van der Waals surface area (Å²) in [6.07, 6.45) is 9.53. The number of hydrogen-bond donors (Lipinski definition) is 3. The van der Waals surface area contributed by atoms with E-state index in [0.29, 0.717) is 67.9 Å². The van der Waals surface area contributed by atoms with Gasteiger partial charge in [-0.05, 0) is 75.0 Å². The zero-order chi connectivity index (χ0) is 32.4. The van der Waals surface area contributed by atoms with Crippen molar-refractivity contribution < 1.29 is 14.4 Å². The first-order valence-electron chi connectivity index (χ1n) is 16.2. The molecular formula is C33H43ClN8O3S. The highest BCUT2D eigenvalue weighted by atomic mass is 35.5. The van der Waals surface area contributed by atoms with Crippen molar-refractivity contribution in [1.82, 2.24) is 29.8 Å². The van der Waals surface area contributed by atoms with Crippen molar-refractivity contribution >= 4 is 51.6 Å². The molecule has 4 N–H and O–H groups in total. The second kappa shape index (κ2) is 14.1. The number of nitrogens with two attached hydrogens (primary N) is 1. The molecule has 46 heavy (non-hydrogen) atoms. The highest BCUT2D eigenvalue weighted by Crippen LogP contribution is 2.32. The van der Waals surface area contributed by atoms with Crippen LogP contribution < -0.4 is 16.4 Å². The summed E-state index contributed by atoms with van der Waals surface area (Å²) in [5, 5.41) is 9.27. The number of halogens is 1. The third-order valence-corrected chi connectivity index (χ3v) is 11.2. The van der Waals surface area contributed by atoms with E-state index in [1.165, 1.54) is 11.3 Å². The van der Waals surface area contributed by atoms with Gasteiger partial charge in [0.2, 0.25) is 5.91 Å². The number of anilines is 2. The summed E-state index contributed by atoms with van der Waals surface area (Å²) >= 11 is 7.93. The number of carbonyl (C=O) groups is 3. The fraction of sp³-hybridized carbons (Fsp3) is 0.545. The molecule has 0 aliphatic carbocycles. The largest absolute Gasteiger partial charge is 0.397 e. The fourth-order valence-electron chi connectivity index (χ4n) is 7.14. The topological polar surface area (TPSA) is 117 Å². The van der Waals surface area contributed by atoms with Crippen LogP contribution >= 0.6 is 22.9 Å². The molecule has 0 saturated carbocycles. The first-order chi connectivity index (χ1) is 22.2. The number of urea groups is 2. The molecule has 0 radical (unpaired) electrons. The molecule has 11 nitrogen and oxygen atoms in total. The van der Waals surface area contributed by atoms with Crippen molar-refractivity contribution in [3.05, 3.63) is 45.3 Å². The summed E-state index contributed by atoms with van der Waals surface area (Å²) in [6, 6.07) is 4.94. The number of fused-ring (bicyclic) bond motifs is 1. The van der Waals surface area contributed by atoms with E-state index < -0.39 is 6.04 Å². The molecule has 3 saturated heterocycles. The smallest absolute Gasteiger partial charge is 0.323 e. The van der Waals surface area contributed by atoms with Crippen LogP contribution in [0.1, 0.15) is 42.4 Å². The third-order valence-electron chi connectivity index (χ3n) is 9.97. The number of nitrogens with zero attached hydrogens (tertiary/aromatic N) is 5. The molecular weight excluding hydrogens is 624 g/mol. The fourth-order valence-corrected chi connectivity index (χ4v) is 8.19. The minimum absolute atomic E-state index is 0.0366. The Kier molecular flexibility index (Phi) is 9.94. The van der Waals surface area contributed by atoms with Gasteiger partial charge in [0, 0.05) is 68.9 Å². The van der Waals surface area contributed by atoms with Gasteiger partial charge in [-0.25, -0.2) is 9.59 Å². The van der Waals surface area contributed by atoms with Gasteiger partial charge in [-0.3, -0.25) is 15.0 Å². The lowest BCUT2D eigenvalue weighted by atomic mass is 10.00. The van der Waals surface area contributed by atoms with E-state index in [-0.39, 0.29) is 30.4 Å². The number of rotatable bonds is 6. The molecule has 1 aromatic heterocycles. The predicted octanol–water partition coefficient (Wildman–Crippen LogP) is 3.34. The second-order valence-corrected chi connectivity index (χ2v) is 14.2. The lowest BCUT2D eigenvalue weighted by Gasteiger charge is -2.43. The van der Waals surface area contributed by atoms with Crippen LogP contribution in [0.2, 0.25) is 5.02 Å². The monoisotopic (exact) mass is 666 g/mol. The minimum atomic E-state index is -0.796. The quantitative estimate of drug-likeness (QED) is 0.322. The number of thiophene rings is 1. The average molecular weight is 667 g/mol. The maximum absolute atomic E-state index is 14.0. The maximum atomic E-state index is 14.0. The van der Waals surface area contributed by atoms with Crippen molar-refractivity contribution in [2.45, 2.75) is 56.8 Å². The van der Waals surface area contributed by atoms with Crippen LogP contribution in [0.5, 0.6) is 0 Å². The summed E-state index contributed by atoms with van der Waals surface area (Å²) in [5.74, 6) is 2.46. The van der Waals surface area contributed by atoms with E-state index in [9.17, 15) is 14.4 Å². The Morgan fingerprint density at radius 3 is 2.46 bits per heavy atom. The van der Waals surface area contributed by atoms with Crippen LogP contribution in [0.15, 0.2) is 23.6 Å². The number of amides is 5. The molecule has 5 heterocycles. The number of nitrogen functional groups attached to an aromatic ring is 1. The van der Waals surface area contributed by atoms with Gasteiger partial charge in [-0.2, -0.15) is 0 Å². The Morgan fingerprint density at radius 2 is 1.76 bits per heavy atom. The Morgan fingerprint density at radius 1 is 1.07 bits per heavy atom. The highest BCUT2D eigenvalue weighted by Gasteiger charge is 2.36. The summed E-state index contributed by atoms with van der Waals surface area (Å²) in [6.45, 7) is 6.62. The molecule has 1 aromatic carbocycles. The first kappa shape index (κ1) is 32.4. The van der Waals surface area contributed by atoms with Crippen molar-refractivity contribution in [2.24, 2.45) is 0 Å². The average Bonchev–Trinajstić information content (AvgIpc) is 3.53. The first-order valence-corrected chi connectivity index (χ1v) is 17.4. The van der Waals surface area contributed by atoms with Gasteiger partial charge in [0.1, 0.15) is 11.0 Å². The molecule has 0 bridgehead atoms. The molecule has 4 aliphatic rings. The van der Waals surface area contributed by atoms with Gasteiger partial charge in [0.05, 0.1) is 17.3 Å². The van der Waals surface area contributed by atoms with E-state index in [4.69, 9.17) is 23.8 Å². The number of nitrogens with one attached hydrogen (secondary N) is 2. The summed E-state index contributed by atoms with van der Waals surface area (Å²) in [4.78, 5) is 50.8. The Balaban J connectivity index is 1.10. The molecule has 5 amide bonds. The number of terminal acetylenes is 1. The van der Waals surface area contributed by atoms with Gasteiger partial charge in [0.25, 0.3) is 0 Å². The van der Waals surface area contributed by atoms with Crippen molar-refractivity contribution in [1.29, 1.82) is 0 Å². The van der Waals surface area contributed by atoms with E-state index >= 15 is 0 Å². The second-order valence-electron chi connectivity index (χ2n) is 12.8.